The van der Waals surface area contributed by atoms with Crippen LogP contribution < -0.4 is 5.32 Å². The van der Waals surface area contributed by atoms with Crippen LogP contribution in [-0.2, 0) is 4.79 Å². The van der Waals surface area contributed by atoms with Gasteiger partial charge in [0, 0.05) is 5.69 Å². The minimum absolute atomic E-state index is 0.0519. The van der Waals surface area contributed by atoms with E-state index in [4.69, 9.17) is 0 Å². The third-order valence-electron chi connectivity index (χ3n) is 3.92. The Morgan fingerprint density at radius 2 is 1.70 bits per heavy atom. The summed E-state index contributed by atoms with van der Waals surface area (Å²) >= 11 is 0. The summed E-state index contributed by atoms with van der Waals surface area (Å²) < 4.78 is 37.2. The van der Waals surface area contributed by atoms with Gasteiger partial charge in [0.15, 0.2) is 0 Å². The van der Waals surface area contributed by atoms with Crippen molar-refractivity contribution in [3.8, 4) is 11.1 Å². The topological polar surface area (TPSA) is 32.3 Å². The van der Waals surface area contributed by atoms with Gasteiger partial charge in [-0.05, 0) is 48.5 Å². The molecule has 0 spiro atoms. The zero-order chi connectivity index (χ0) is 16.8. The van der Waals surface area contributed by atoms with Gasteiger partial charge in [-0.1, -0.05) is 30.3 Å². The maximum Gasteiger partial charge on any atom is 0.471 e. The number of carbonyl (C=O) groups excluding carboxylic acids is 1. The highest BCUT2D eigenvalue weighted by Gasteiger charge is 2.39. The van der Waals surface area contributed by atoms with Gasteiger partial charge in [0.1, 0.15) is 0 Å². The molecule has 0 radical (unpaired) electrons. The number of rotatable bonds is 2. The van der Waals surface area contributed by atoms with E-state index >= 15 is 0 Å². The summed E-state index contributed by atoms with van der Waals surface area (Å²) in [6.07, 6.45) is -4.90. The van der Waals surface area contributed by atoms with Crippen molar-refractivity contribution in [3.05, 3.63) is 53.6 Å². The predicted octanol–water partition coefficient (Wildman–Crippen LogP) is 3.82. The van der Waals surface area contributed by atoms with E-state index in [9.17, 15) is 18.0 Å². The Hall–Kier alpha value is -2.34. The van der Waals surface area contributed by atoms with Crippen LogP contribution in [0.15, 0.2) is 42.5 Å². The molecule has 120 valence electrons. The molecule has 3 nitrogen and oxygen atoms in total. The monoisotopic (exact) mass is 320 g/mol. The van der Waals surface area contributed by atoms with Crippen molar-refractivity contribution in [2.75, 3.05) is 19.4 Å². The molecule has 1 aliphatic rings. The molecule has 0 saturated carbocycles. The highest BCUT2D eigenvalue weighted by atomic mass is 19.4. The summed E-state index contributed by atoms with van der Waals surface area (Å²) in [7, 11) is 3.83. The summed E-state index contributed by atoms with van der Waals surface area (Å²) in [4.78, 5) is 13.1. The van der Waals surface area contributed by atoms with Crippen LogP contribution in [0.5, 0.6) is 0 Å². The Labute approximate surface area is 131 Å². The number of anilines is 1. The van der Waals surface area contributed by atoms with Gasteiger partial charge in [-0.2, -0.15) is 13.2 Å². The Kier molecular flexibility index (Phi) is 3.64. The first-order valence-electron chi connectivity index (χ1n) is 7.07. The van der Waals surface area contributed by atoms with E-state index in [1.54, 1.807) is 12.1 Å². The minimum atomic E-state index is -4.90. The van der Waals surface area contributed by atoms with E-state index in [0.29, 0.717) is 0 Å². The Morgan fingerprint density at radius 1 is 1.04 bits per heavy atom. The average molecular weight is 320 g/mol. The normalized spacial score (nSPS) is 16.2. The number of halogens is 3. The first-order valence-corrected chi connectivity index (χ1v) is 7.07. The fourth-order valence-electron chi connectivity index (χ4n) is 3.02. The number of hydrogen-bond acceptors (Lipinski definition) is 2. The van der Waals surface area contributed by atoms with Crippen LogP contribution in [0.3, 0.4) is 0 Å². The van der Waals surface area contributed by atoms with Gasteiger partial charge in [-0.25, -0.2) is 0 Å². The molecule has 0 heterocycles. The van der Waals surface area contributed by atoms with E-state index in [1.165, 1.54) is 6.07 Å². The van der Waals surface area contributed by atoms with Crippen molar-refractivity contribution in [3.63, 3.8) is 0 Å². The third kappa shape index (κ3) is 2.70. The Balaban J connectivity index is 2.02. The summed E-state index contributed by atoms with van der Waals surface area (Å²) in [5.41, 5.74) is 4.17. The number of carbonyl (C=O) groups is 1. The third-order valence-corrected chi connectivity index (χ3v) is 3.92. The molecule has 0 bridgehead atoms. The second-order valence-corrected chi connectivity index (χ2v) is 5.71. The van der Waals surface area contributed by atoms with Crippen molar-refractivity contribution in [1.82, 2.24) is 4.90 Å². The largest absolute Gasteiger partial charge is 0.471 e. The van der Waals surface area contributed by atoms with Gasteiger partial charge in [-0.15, -0.1) is 0 Å². The van der Waals surface area contributed by atoms with Gasteiger partial charge in [0.05, 0.1) is 6.04 Å². The van der Waals surface area contributed by atoms with Crippen LogP contribution >= 0.6 is 0 Å². The lowest BCUT2D eigenvalue weighted by molar-refractivity contribution is -0.167. The summed E-state index contributed by atoms with van der Waals surface area (Å²) in [5, 5.41) is 1.92. The lowest BCUT2D eigenvalue weighted by Crippen LogP contribution is -2.30. The average Bonchev–Trinajstić information content (AvgIpc) is 2.79. The van der Waals surface area contributed by atoms with Crippen LogP contribution in [0.4, 0.5) is 18.9 Å². The number of hydrogen-bond donors (Lipinski definition) is 1. The van der Waals surface area contributed by atoms with Crippen molar-refractivity contribution in [2.24, 2.45) is 0 Å². The van der Waals surface area contributed by atoms with Gasteiger partial charge < -0.3 is 5.32 Å². The summed E-state index contributed by atoms with van der Waals surface area (Å²) in [5.74, 6) is -1.96. The minimum Gasteiger partial charge on any atom is -0.318 e. The quantitative estimate of drug-likeness (QED) is 0.912. The molecule has 0 aliphatic heterocycles. The van der Waals surface area contributed by atoms with Crippen LogP contribution in [0.1, 0.15) is 17.2 Å². The lowest BCUT2D eigenvalue weighted by Gasteiger charge is -2.22. The molecule has 3 rings (SSSR count). The number of nitrogens with zero attached hydrogens (tertiary/aromatic N) is 1. The molecule has 0 fully saturated rings. The van der Waals surface area contributed by atoms with Crippen LogP contribution in [0, 0.1) is 0 Å². The molecule has 1 aliphatic carbocycles. The fraction of sp³-hybridized carbons (Fsp3) is 0.235. The molecule has 2 aromatic rings. The SMILES string of the molecule is CN(C)[C@@H]1c2ccccc2-c2ccc(NC(=O)C(F)(F)F)cc21. The highest BCUT2D eigenvalue weighted by molar-refractivity contribution is 5.95. The molecule has 1 N–H and O–H groups in total. The second-order valence-electron chi connectivity index (χ2n) is 5.71. The molecule has 0 unspecified atom stereocenters. The number of alkyl halides is 3. The molecule has 0 saturated heterocycles. The van der Waals surface area contributed by atoms with E-state index < -0.39 is 12.1 Å². The second kappa shape index (κ2) is 5.38. The first kappa shape index (κ1) is 15.6. The number of amides is 1. The molecule has 23 heavy (non-hydrogen) atoms. The van der Waals surface area contributed by atoms with Crippen molar-refractivity contribution < 1.29 is 18.0 Å². The molecule has 2 aromatic carbocycles. The lowest BCUT2D eigenvalue weighted by atomic mass is 10.0. The van der Waals surface area contributed by atoms with E-state index in [-0.39, 0.29) is 11.7 Å². The highest BCUT2D eigenvalue weighted by Crippen LogP contribution is 2.46. The molecule has 6 heteroatoms. The van der Waals surface area contributed by atoms with Crippen molar-refractivity contribution in [2.45, 2.75) is 12.2 Å². The van der Waals surface area contributed by atoms with Gasteiger partial charge in [-0.3, -0.25) is 9.69 Å². The fourth-order valence-corrected chi connectivity index (χ4v) is 3.02. The molecular weight excluding hydrogens is 305 g/mol. The molecular formula is C17H15F3N2O. The predicted molar refractivity (Wildman–Crippen MR) is 82.1 cm³/mol. The Morgan fingerprint density at radius 3 is 2.35 bits per heavy atom. The van der Waals surface area contributed by atoms with Gasteiger partial charge in [0.2, 0.25) is 0 Å². The van der Waals surface area contributed by atoms with Crippen molar-refractivity contribution >= 4 is 11.6 Å². The number of fused-ring (bicyclic) bond motifs is 3. The first-order chi connectivity index (χ1) is 10.8. The molecule has 0 aromatic heterocycles. The maximum absolute atomic E-state index is 12.4. The van der Waals surface area contributed by atoms with E-state index in [2.05, 4.69) is 0 Å². The zero-order valence-corrected chi connectivity index (χ0v) is 12.6. The van der Waals surface area contributed by atoms with Crippen LogP contribution in [-0.4, -0.2) is 31.1 Å². The number of benzene rings is 2. The van der Waals surface area contributed by atoms with Gasteiger partial charge in [0.25, 0.3) is 0 Å². The Bertz CT molecular complexity index is 769. The van der Waals surface area contributed by atoms with Crippen LogP contribution in [0.2, 0.25) is 0 Å². The summed E-state index contributed by atoms with van der Waals surface area (Å²) in [6.45, 7) is 0. The molecule has 1 atom stereocenters. The van der Waals surface area contributed by atoms with Crippen molar-refractivity contribution in [1.29, 1.82) is 0 Å². The van der Waals surface area contributed by atoms with Crippen LogP contribution in [0.25, 0.3) is 11.1 Å². The summed E-state index contributed by atoms with van der Waals surface area (Å²) in [6, 6.07) is 12.7. The maximum atomic E-state index is 12.4. The standard InChI is InChI=1S/C17H15F3N2O/c1-22(2)15-13-6-4-3-5-11(13)12-8-7-10(9-14(12)15)21-16(23)17(18,19)20/h3-9,15H,1-2H3,(H,21,23)/t15-/m1/s1. The van der Waals surface area contributed by atoms with Gasteiger partial charge >= 0.3 is 12.1 Å². The smallest absolute Gasteiger partial charge is 0.318 e. The molecule has 1 amide bonds. The van der Waals surface area contributed by atoms with E-state index in [0.717, 1.165) is 22.3 Å². The zero-order valence-electron chi connectivity index (χ0n) is 12.6. The van der Waals surface area contributed by atoms with E-state index in [1.807, 2.05) is 48.6 Å². The number of nitrogens with one attached hydrogen (secondary N) is 1.